The third kappa shape index (κ3) is 1.36. The highest BCUT2D eigenvalue weighted by atomic mass is 16.2. The Morgan fingerprint density at radius 1 is 1.75 bits per heavy atom. The van der Waals surface area contributed by atoms with E-state index in [9.17, 15) is 9.59 Å². The molecule has 0 aromatic rings. The molecule has 0 unspecified atom stereocenters. The molecule has 0 aromatic heterocycles. The van der Waals surface area contributed by atoms with Crippen molar-refractivity contribution in [2.75, 3.05) is 13.6 Å². The molecule has 0 aliphatic carbocycles. The Labute approximate surface area is 69.2 Å². The van der Waals surface area contributed by atoms with Crippen molar-refractivity contribution in [3.8, 4) is 0 Å². The van der Waals surface area contributed by atoms with E-state index < -0.39 is 17.9 Å². The van der Waals surface area contributed by atoms with Crippen LogP contribution in [0.3, 0.4) is 0 Å². The second-order valence-corrected chi connectivity index (χ2v) is 2.68. The molecule has 66 valence electrons. The number of carbonyl (C=O) groups excluding carboxylic acids is 2. The Balaban J connectivity index is 2.74. The van der Waals surface area contributed by atoms with Gasteiger partial charge >= 0.3 is 6.03 Å². The first-order valence-electron chi connectivity index (χ1n) is 3.42. The predicted octanol–water partition coefficient (Wildman–Crippen LogP) is -1.28. The second-order valence-electron chi connectivity index (χ2n) is 2.68. The van der Waals surface area contributed by atoms with E-state index in [4.69, 9.17) is 11.1 Å². The number of rotatable bonds is 1. The number of amidine groups is 1. The highest BCUT2D eigenvalue weighted by molar-refractivity contribution is 6.08. The van der Waals surface area contributed by atoms with E-state index in [1.807, 2.05) is 0 Å². The van der Waals surface area contributed by atoms with Gasteiger partial charge in [0.15, 0.2) is 0 Å². The van der Waals surface area contributed by atoms with Crippen molar-refractivity contribution >= 4 is 17.8 Å². The SMILES string of the molecule is CN1C[C@H](C(=N)N)C(=O)NC1=O. The largest absolute Gasteiger partial charge is 0.387 e. The van der Waals surface area contributed by atoms with Crippen LogP contribution in [0.1, 0.15) is 0 Å². The van der Waals surface area contributed by atoms with Gasteiger partial charge in [-0.05, 0) is 0 Å². The van der Waals surface area contributed by atoms with Gasteiger partial charge in [0.2, 0.25) is 5.91 Å². The van der Waals surface area contributed by atoms with E-state index in [0.717, 1.165) is 0 Å². The Morgan fingerprint density at radius 3 is 2.83 bits per heavy atom. The molecule has 1 rings (SSSR count). The van der Waals surface area contributed by atoms with Crippen molar-refractivity contribution in [3.05, 3.63) is 0 Å². The average Bonchev–Trinajstić information content (AvgIpc) is 1.96. The molecular formula is C6H10N4O2. The molecule has 1 heterocycles. The minimum atomic E-state index is -0.701. The van der Waals surface area contributed by atoms with Gasteiger partial charge in [0.05, 0.1) is 0 Å². The standard InChI is InChI=1S/C6H10N4O2/c1-10-2-3(4(7)8)5(11)9-6(10)12/h3H,2H2,1H3,(H3,7,8)(H,9,11,12)/t3-/m1/s1. The zero-order chi connectivity index (χ0) is 9.30. The van der Waals surface area contributed by atoms with Crippen LogP contribution in [0.4, 0.5) is 4.79 Å². The molecule has 0 bridgehead atoms. The number of nitrogens with two attached hydrogens (primary N) is 1. The zero-order valence-corrected chi connectivity index (χ0v) is 6.63. The lowest BCUT2D eigenvalue weighted by Crippen LogP contribution is -2.56. The molecular weight excluding hydrogens is 160 g/mol. The summed E-state index contributed by atoms with van der Waals surface area (Å²) >= 11 is 0. The lowest BCUT2D eigenvalue weighted by molar-refractivity contribution is -0.123. The maximum absolute atomic E-state index is 11.0. The van der Waals surface area contributed by atoms with Gasteiger partial charge in [0.1, 0.15) is 11.8 Å². The van der Waals surface area contributed by atoms with E-state index in [1.54, 1.807) is 0 Å². The summed E-state index contributed by atoms with van der Waals surface area (Å²) in [5.74, 6) is -1.41. The first-order chi connectivity index (χ1) is 5.52. The Morgan fingerprint density at radius 2 is 2.33 bits per heavy atom. The highest BCUT2D eigenvalue weighted by Gasteiger charge is 2.31. The van der Waals surface area contributed by atoms with Crippen molar-refractivity contribution < 1.29 is 9.59 Å². The lowest BCUT2D eigenvalue weighted by atomic mass is 10.1. The molecule has 1 fully saturated rings. The topological polar surface area (TPSA) is 99.3 Å². The molecule has 6 nitrogen and oxygen atoms in total. The molecule has 0 saturated carbocycles. The third-order valence-corrected chi connectivity index (χ3v) is 1.73. The van der Waals surface area contributed by atoms with Crippen molar-refractivity contribution in [1.82, 2.24) is 10.2 Å². The molecule has 0 radical (unpaired) electrons. The second kappa shape index (κ2) is 2.80. The maximum Gasteiger partial charge on any atom is 0.323 e. The Hall–Kier alpha value is -1.59. The third-order valence-electron chi connectivity index (χ3n) is 1.73. The minimum Gasteiger partial charge on any atom is -0.387 e. The Bertz CT molecular complexity index is 250. The number of urea groups is 1. The molecule has 12 heavy (non-hydrogen) atoms. The van der Waals surface area contributed by atoms with Crippen molar-refractivity contribution in [3.63, 3.8) is 0 Å². The fourth-order valence-corrected chi connectivity index (χ4v) is 0.967. The van der Waals surface area contributed by atoms with Gasteiger partial charge in [0.25, 0.3) is 0 Å². The van der Waals surface area contributed by atoms with E-state index in [0.29, 0.717) is 0 Å². The van der Waals surface area contributed by atoms with Gasteiger partial charge in [-0.2, -0.15) is 0 Å². The van der Waals surface area contributed by atoms with Crippen LogP contribution < -0.4 is 11.1 Å². The molecule has 0 spiro atoms. The summed E-state index contributed by atoms with van der Waals surface area (Å²) in [5.41, 5.74) is 5.15. The smallest absolute Gasteiger partial charge is 0.323 e. The minimum absolute atomic E-state index is 0.181. The summed E-state index contributed by atoms with van der Waals surface area (Å²) in [4.78, 5) is 23.2. The van der Waals surface area contributed by atoms with Gasteiger partial charge in [-0.15, -0.1) is 0 Å². The summed E-state index contributed by atoms with van der Waals surface area (Å²) in [5, 5.41) is 9.14. The molecule has 1 atom stereocenters. The number of hydrogen-bond donors (Lipinski definition) is 3. The number of hydrogen-bond acceptors (Lipinski definition) is 3. The average molecular weight is 170 g/mol. The van der Waals surface area contributed by atoms with Crippen LogP contribution >= 0.6 is 0 Å². The van der Waals surface area contributed by atoms with Gasteiger partial charge in [0, 0.05) is 13.6 Å². The first kappa shape index (κ1) is 8.51. The Kier molecular flexibility index (Phi) is 1.99. The summed E-state index contributed by atoms with van der Waals surface area (Å²) < 4.78 is 0. The summed E-state index contributed by atoms with van der Waals surface area (Å²) in [7, 11) is 1.54. The molecule has 1 saturated heterocycles. The van der Waals surface area contributed by atoms with Crippen molar-refractivity contribution in [2.45, 2.75) is 0 Å². The maximum atomic E-state index is 11.0. The molecule has 1 aliphatic rings. The number of nitrogens with one attached hydrogen (secondary N) is 2. The van der Waals surface area contributed by atoms with E-state index in [-0.39, 0.29) is 12.4 Å². The van der Waals surface area contributed by atoms with Crippen LogP contribution in [0.2, 0.25) is 0 Å². The fraction of sp³-hybridized carbons (Fsp3) is 0.500. The number of imide groups is 1. The molecule has 0 aromatic carbocycles. The normalized spacial score (nSPS) is 23.8. The van der Waals surface area contributed by atoms with E-state index in [1.165, 1.54) is 11.9 Å². The molecule has 6 heteroatoms. The summed E-state index contributed by atoms with van der Waals surface area (Å²) in [6, 6.07) is -0.447. The summed E-state index contributed by atoms with van der Waals surface area (Å²) in [6.45, 7) is 0.181. The zero-order valence-electron chi connectivity index (χ0n) is 6.63. The number of carbonyl (C=O) groups is 2. The first-order valence-corrected chi connectivity index (χ1v) is 3.42. The van der Waals surface area contributed by atoms with Crippen molar-refractivity contribution in [1.29, 1.82) is 5.41 Å². The van der Waals surface area contributed by atoms with Gasteiger partial charge in [-0.25, -0.2) is 4.79 Å². The van der Waals surface area contributed by atoms with Crippen LogP contribution in [-0.4, -0.2) is 36.3 Å². The molecule has 4 N–H and O–H groups in total. The van der Waals surface area contributed by atoms with Crippen LogP contribution in [0, 0.1) is 11.3 Å². The lowest BCUT2D eigenvalue weighted by Gasteiger charge is -2.27. The number of amides is 3. The molecule has 3 amide bonds. The predicted molar refractivity (Wildman–Crippen MR) is 41.6 cm³/mol. The summed E-state index contributed by atoms with van der Waals surface area (Å²) in [6.07, 6.45) is 0. The van der Waals surface area contributed by atoms with Crippen LogP contribution in [0.15, 0.2) is 0 Å². The van der Waals surface area contributed by atoms with Crippen LogP contribution in [0.5, 0.6) is 0 Å². The van der Waals surface area contributed by atoms with Crippen LogP contribution in [0.25, 0.3) is 0 Å². The van der Waals surface area contributed by atoms with Gasteiger partial charge in [-0.1, -0.05) is 0 Å². The fourth-order valence-electron chi connectivity index (χ4n) is 0.967. The van der Waals surface area contributed by atoms with E-state index >= 15 is 0 Å². The van der Waals surface area contributed by atoms with Crippen molar-refractivity contribution in [2.24, 2.45) is 11.7 Å². The van der Waals surface area contributed by atoms with Gasteiger partial charge < -0.3 is 10.6 Å². The van der Waals surface area contributed by atoms with Gasteiger partial charge in [-0.3, -0.25) is 15.5 Å². The number of nitrogens with zero attached hydrogens (tertiary/aromatic N) is 1. The molecule has 1 aliphatic heterocycles. The monoisotopic (exact) mass is 170 g/mol. The van der Waals surface area contributed by atoms with Crippen LogP contribution in [-0.2, 0) is 4.79 Å². The quantitative estimate of drug-likeness (QED) is 0.337. The highest BCUT2D eigenvalue weighted by Crippen LogP contribution is 2.05. The van der Waals surface area contributed by atoms with E-state index in [2.05, 4.69) is 5.32 Å².